The Hall–Kier alpha value is -2.47. The van der Waals surface area contributed by atoms with Crippen molar-refractivity contribution >= 4 is 23.5 Å². The summed E-state index contributed by atoms with van der Waals surface area (Å²) < 4.78 is 14.0. The van der Waals surface area contributed by atoms with Gasteiger partial charge in [0.05, 0.1) is 11.1 Å². The second-order valence-corrected chi connectivity index (χ2v) is 4.78. The molecule has 0 aliphatic carbocycles. The highest BCUT2D eigenvalue weighted by Crippen LogP contribution is 2.25. The molecule has 2 N–H and O–H groups in total. The molecule has 5 nitrogen and oxygen atoms in total. The molecule has 0 aliphatic heterocycles. The normalized spacial score (nSPS) is 10.3. The van der Waals surface area contributed by atoms with Crippen LogP contribution >= 0.6 is 11.6 Å². The van der Waals surface area contributed by atoms with Gasteiger partial charge in [0, 0.05) is 18.3 Å². The lowest BCUT2D eigenvalue weighted by atomic mass is 10.0. The SMILES string of the molecule is CCNC(=O)c1ccc(-c2cnc(Cl)c(C(=O)O)c2)cc1F. The Bertz CT molecular complexity index is 750. The third-order valence-corrected chi connectivity index (χ3v) is 3.26. The van der Waals surface area contributed by atoms with Crippen LogP contribution in [0.1, 0.15) is 27.6 Å². The Morgan fingerprint density at radius 1 is 1.27 bits per heavy atom. The second-order valence-electron chi connectivity index (χ2n) is 4.42. The van der Waals surface area contributed by atoms with Crippen molar-refractivity contribution in [1.29, 1.82) is 0 Å². The minimum Gasteiger partial charge on any atom is -0.478 e. The van der Waals surface area contributed by atoms with Gasteiger partial charge in [-0.1, -0.05) is 17.7 Å². The standard InChI is InChI=1S/C15H12ClFN2O3/c1-2-18-14(20)10-4-3-8(6-12(10)17)9-5-11(15(21)22)13(16)19-7-9/h3-7H,2H2,1H3,(H,18,20)(H,21,22). The summed E-state index contributed by atoms with van der Waals surface area (Å²) in [6, 6.07) is 5.31. The van der Waals surface area contributed by atoms with Crippen molar-refractivity contribution in [3.63, 3.8) is 0 Å². The first-order valence-electron chi connectivity index (χ1n) is 6.41. The molecule has 2 aromatic rings. The molecular weight excluding hydrogens is 311 g/mol. The predicted octanol–water partition coefficient (Wildman–Crippen LogP) is 2.99. The summed E-state index contributed by atoms with van der Waals surface area (Å²) in [4.78, 5) is 26.5. The van der Waals surface area contributed by atoms with Gasteiger partial charge in [-0.15, -0.1) is 0 Å². The Morgan fingerprint density at radius 2 is 2.00 bits per heavy atom. The summed E-state index contributed by atoms with van der Waals surface area (Å²) >= 11 is 5.69. The molecule has 0 spiro atoms. The first kappa shape index (κ1) is 15.9. The monoisotopic (exact) mass is 322 g/mol. The molecule has 0 saturated carbocycles. The average Bonchev–Trinajstić information content (AvgIpc) is 2.47. The van der Waals surface area contributed by atoms with Crippen LogP contribution in [0.3, 0.4) is 0 Å². The van der Waals surface area contributed by atoms with E-state index in [1.54, 1.807) is 6.92 Å². The zero-order chi connectivity index (χ0) is 16.3. The van der Waals surface area contributed by atoms with Crippen molar-refractivity contribution in [3.8, 4) is 11.1 Å². The Morgan fingerprint density at radius 3 is 2.59 bits per heavy atom. The number of halogens is 2. The largest absolute Gasteiger partial charge is 0.478 e. The van der Waals surface area contributed by atoms with E-state index in [4.69, 9.17) is 16.7 Å². The van der Waals surface area contributed by atoms with Crippen molar-refractivity contribution in [2.75, 3.05) is 6.54 Å². The van der Waals surface area contributed by atoms with Gasteiger partial charge >= 0.3 is 5.97 Å². The quantitative estimate of drug-likeness (QED) is 0.848. The van der Waals surface area contributed by atoms with Gasteiger partial charge in [-0.05, 0) is 30.7 Å². The fourth-order valence-electron chi connectivity index (χ4n) is 1.89. The summed E-state index contributed by atoms with van der Waals surface area (Å²) in [5, 5.41) is 11.4. The molecule has 1 heterocycles. The van der Waals surface area contributed by atoms with Gasteiger partial charge in [0.2, 0.25) is 0 Å². The maximum atomic E-state index is 14.0. The number of benzene rings is 1. The van der Waals surface area contributed by atoms with E-state index < -0.39 is 17.7 Å². The Kier molecular flexibility index (Phi) is 4.72. The van der Waals surface area contributed by atoms with Crippen LogP contribution in [0, 0.1) is 5.82 Å². The topological polar surface area (TPSA) is 79.3 Å². The zero-order valence-electron chi connectivity index (χ0n) is 11.6. The van der Waals surface area contributed by atoms with Crippen molar-refractivity contribution in [2.24, 2.45) is 0 Å². The minimum absolute atomic E-state index is 0.0778. The van der Waals surface area contributed by atoms with Gasteiger partial charge in [-0.2, -0.15) is 0 Å². The van der Waals surface area contributed by atoms with E-state index in [1.807, 2.05) is 0 Å². The lowest BCUT2D eigenvalue weighted by molar-refractivity contribution is 0.0696. The summed E-state index contributed by atoms with van der Waals surface area (Å²) in [6.45, 7) is 2.13. The van der Waals surface area contributed by atoms with Gasteiger partial charge in [0.25, 0.3) is 5.91 Å². The van der Waals surface area contributed by atoms with E-state index in [9.17, 15) is 14.0 Å². The first-order chi connectivity index (χ1) is 10.4. The number of pyridine rings is 1. The highest BCUT2D eigenvalue weighted by atomic mass is 35.5. The van der Waals surface area contributed by atoms with E-state index in [2.05, 4.69) is 10.3 Å². The predicted molar refractivity (Wildman–Crippen MR) is 79.6 cm³/mol. The molecule has 114 valence electrons. The van der Waals surface area contributed by atoms with Crippen LogP contribution in [0.15, 0.2) is 30.5 Å². The van der Waals surface area contributed by atoms with E-state index in [-0.39, 0.29) is 16.3 Å². The summed E-state index contributed by atoms with van der Waals surface area (Å²) in [5.74, 6) is -2.43. The third-order valence-electron chi connectivity index (χ3n) is 2.95. The van der Waals surface area contributed by atoms with Crippen molar-refractivity contribution in [3.05, 3.63) is 52.6 Å². The molecule has 22 heavy (non-hydrogen) atoms. The van der Waals surface area contributed by atoms with Crippen LogP contribution in [0.4, 0.5) is 4.39 Å². The van der Waals surface area contributed by atoms with Gasteiger partial charge in [-0.3, -0.25) is 4.79 Å². The number of aromatic nitrogens is 1. The van der Waals surface area contributed by atoms with Crippen LogP contribution in [0.2, 0.25) is 5.15 Å². The smallest absolute Gasteiger partial charge is 0.338 e. The molecule has 1 aromatic heterocycles. The molecule has 1 aromatic carbocycles. The third kappa shape index (κ3) is 3.23. The molecule has 0 atom stereocenters. The van der Waals surface area contributed by atoms with E-state index >= 15 is 0 Å². The van der Waals surface area contributed by atoms with E-state index in [0.717, 1.165) is 6.07 Å². The fraction of sp³-hybridized carbons (Fsp3) is 0.133. The van der Waals surface area contributed by atoms with Crippen molar-refractivity contribution < 1.29 is 19.1 Å². The number of aromatic carboxylic acids is 1. The van der Waals surface area contributed by atoms with Crippen LogP contribution in [-0.2, 0) is 0 Å². The number of carboxylic acid groups (broad SMARTS) is 1. The summed E-state index contributed by atoms with van der Waals surface area (Å²) in [5.41, 5.74) is 0.540. The van der Waals surface area contributed by atoms with Crippen molar-refractivity contribution in [2.45, 2.75) is 6.92 Å². The highest BCUT2D eigenvalue weighted by Gasteiger charge is 2.15. The number of carbonyl (C=O) groups is 2. The zero-order valence-corrected chi connectivity index (χ0v) is 12.3. The maximum Gasteiger partial charge on any atom is 0.338 e. The van der Waals surface area contributed by atoms with Crippen LogP contribution in [0.25, 0.3) is 11.1 Å². The van der Waals surface area contributed by atoms with E-state index in [1.165, 1.54) is 24.4 Å². The second kappa shape index (κ2) is 6.53. The fourth-order valence-corrected chi connectivity index (χ4v) is 2.07. The molecule has 2 rings (SSSR count). The van der Waals surface area contributed by atoms with E-state index in [0.29, 0.717) is 17.7 Å². The summed E-state index contributed by atoms with van der Waals surface area (Å²) in [7, 11) is 0. The highest BCUT2D eigenvalue weighted by molar-refractivity contribution is 6.32. The summed E-state index contributed by atoms with van der Waals surface area (Å²) in [6.07, 6.45) is 1.34. The number of hydrogen-bond donors (Lipinski definition) is 2. The molecule has 0 saturated heterocycles. The number of carboxylic acids is 1. The molecular formula is C15H12ClFN2O3. The molecule has 0 bridgehead atoms. The molecule has 0 aliphatic rings. The number of nitrogens with zero attached hydrogens (tertiary/aromatic N) is 1. The average molecular weight is 323 g/mol. The van der Waals surface area contributed by atoms with Crippen LogP contribution in [-0.4, -0.2) is 28.5 Å². The maximum absolute atomic E-state index is 14.0. The number of nitrogens with one attached hydrogen (secondary N) is 1. The molecule has 1 amide bonds. The molecule has 0 unspecified atom stereocenters. The van der Waals surface area contributed by atoms with Gasteiger partial charge in [0.1, 0.15) is 11.0 Å². The number of hydrogen-bond acceptors (Lipinski definition) is 3. The first-order valence-corrected chi connectivity index (χ1v) is 6.78. The number of carbonyl (C=O) groups excluding carboxylic acids is 1. The molecule has 7 heteroatoms. The Balaban J connectivity index is 2.42. The Labute approximate surface area is 130 Å². The van der Waals surface area contributed by atoms with Gasteiger partial charge in [0.15, 0.2) is 0 Å². The number of amides is 1. The van der Waals surface area contributed by atoms with Crippen LogP contribution in [0.5, 0.6) is 0 Å². The minimum atomic E-state index is -1.22. The lowest BCUT2D eigenvalue weighted by Gasteiger charge is -2.07. The lowest BCUT2D eigenvalue weighted by Crippen LogP contribution is -2.23. The molecule has 0 radical (unpaired) electrons. The number of rotatable bonds is 4. The van der Waals surface area contributed by atoms with Crippen LogP contribution < -0.4 is 5.32 Å². The van der Waals surface area contributed by atoms with Gasteiger partial charge in [-0.25, -0.2) is 14.2 Å². The van der Waals surface area contributed by atoms with Crippen molar-refractivity contribution in [1.82, 2.24) is 10.3 Å². The van der Waals surface area contributed by atoms with Gasteiger partial charge < -0.3 is 10.4 Å². The molecule has 0 fully saturated rings.